The van der Waals surface area contributed by atoms with Crippen molar-refractivity contribution in [2.45, 2.75) is 13.6 Å². The molecule has 17 heavy (non-hydrogen) atoms. The van der Waals surface area contributed by atoms with Crippen molar-refractivity contribution < 1.29 is 13.2 Å². The van der Waals surface area contributed by atoms with Crippen LogP contribution >= 0.6 is 0 Å². The minimum Gasteiger partial charge on any atom is -0.246 e. The van der Waals surface area contributed by atoms with Gasteiger partial charge in [-0.15, -0.1) is 0 Å². The predicted molar refractivity (Wildman–Crippen MR) is 61.3 cm³/mol. The summed E-state index contributed by atoms with van der Waals surface area (Å²) in [7, 11) is 0. The van der Waals surface area contributed by atoms with Crippen LogP contribution in [0.4, 0.5) is 13.2 Å². The van der Waals surface area contributed by atoms with Gasteiger partial charge in [-0.05, 0) is 30.2 Å². The number of rotatable bonds is 2. The van der Waals surface area contributed by atoms with Crippen LogP contribution in [0.5, 0.6) is 0 Å². The molecule has 3 heteroatoms. The van der Waals surface area contributed by atoms with Crippen molar-refractivity contribution in [1.29, 1.82) is 0 Å². The minimum absolute atomic E-state index is 0.414. The van der Waals surface area contributed by atoms with Crippen LogP contribution in [0.2, 0.25) is 0 Å². The van der Waals surface area contributed by atoms with Crippen molar-refractivity contribution in [3.8, 4) is 11.1 Å². The van der Waals surface area contributed by atoms with Gasteiger partial charge in [0.1, 0.15) is 18.3 Å². The normalized spacial score (nSPS) is 10.6. The van der Waals surface area contributed by atoms with Crippen LogP contribution < -0.4 is 0 Å². The number of halogens is 3. The molecule has 0 amide bonds. The molecule has 88 valence electrons. The van der Waals surface area contributed by atoms with E-state index in [1.54, 1.807) is 12.1 Å². The van der Waals surface area contributed by atoms with Crippen LogP contribution in [-0.4, -0.2) is 0 Å². The predicted octanol–water partition coefficient (Wildman–Crippen LogP) is 4.41. The van der Waals surface area contributed by atoms with E-state index in [-0.39, 0.29) is 0 Å². The van der Waals surface area contributed by atoms with Crippen LogP contribution in [0.3, 0.4) is 0 Å². The maximum atomic E-state index is 13.4. The van der Waals surface area contributed by atoms with Crippen LogP contribution in [-0.2, 0) is 6.67 Å². The van der Waals surface area contributed by atoms with Gasteiger partial charge in [0.15, 0.2) is 0 Å². The largest absolute Gasteiger partial charge is 0.246 e. The molecule has 0 spiro atoms. The molecule has 0 aliphatic rings. The van der Waals surface area contributed by atoms with Gasteiger partial charge in [0.2, 0.25) is 0 Å². The zero-order valence-corrected chi connectivity index (χ0v) is 9.31. The fourth-order valence-corrected chi connectivity index (χ4v) is 1.64. The van der Waals surface area contributed by atoms with Gasteiger partial charge in [-0.2, -0.15) is 0 Å². The first-order chi connectivity index (χ1) is 8.11. The lowest BCUT2D eigenvalue weighted by atomic mass is 10.0. The van der Waals surface area contributed by atoms with E-state index in [2.05, 4.69) is 0 Å². The summed E-state index contributed by atoms with van der Waals surface area (Å²) >= 11 is 0. The summed E-state index contributed by atoms with van der Waals surface area (Å²) in [6.45, 7) is 0.795. The van der Waals surface area contributed by atoms with Crippen molar-refractivity contribution in [2.24, 2.45) is 0 Å². The monoisotopic (exact) mass is 236 g/mol. The molecule has 0 heterocycles. The highest BCUT2D eigenvalue weighted by molar-refractivity contribution is 5.64. The first-order valence-electron chi connectivity index (χ1n) is 5.22. The quantitative estimate of drug-likeness (QED) is 0.724. The number of hydrogen-bond donors (Lipinski definition) is 0. The molecule has 0 aliphatic heterocycles. The highest BCUT2D eigenvalue weighted by Gasteiger charge is 2.11. The number of hydrogen-bond acceptors (Lipinski definition) is 0. The molecular formula is C14H11F3. The van der Waals surface area contributed by atoms with E-state index in [1.165, 1.54) is 0 Å². The number of benzene rings is 2. The third-order valence-electron chi connectivity index (χ3n) is 2.66. The average Bonchev–Trinajstić information content (AvgIpc) is 2.29. The lowest BCUT2D eigenvalue weighted by molar-refractivity contribution is 0.440. The van der Waals surface area contributed by atoms with Crippen molar-refractivity contribution >= 4 is 0 Å². The summed E-state index contributed by atoms with van der Waals surface area (Å²) in [6, 6.07) is 9.57. The van der Waals surface area contributed by atoms with Crippen molar-refractivity contribution in [3.05, 3.63) is 59.2 Å². The first-order valence-corrected chi connectivity index (χ1v) is 5.22. The van der Waals surface area contributed by atoms with Crippen LogP contribution in [0.15, 0.2) is 36.4 Å². The molecule has 0 radical (unpaired) electrons. The topological polar surface area (TPSA) is 0 Å². The Hall–Kier alpha value is -1.77. The van der Waals surface area contributed by atoms with Gasteiger partial charge in [0.05, 0.1) is 5.56 Å². The summed E-state index contributed by atoms with van der Waals surface area (Å²) in [5.41, 5.74) is 1.67. The zero-order chi connectivity index (χ0) is 12.4. The highest BCUT2D eigenvalue weighted by Crippen LogP contribution is 2.25. The van der Waals surface area contributed by atoms with Gasteiger partial charge in [-0.1, -0.05) is 29.8 Å². The van der Waals surface area contributed by atoms with Gasteiger partial charge in [-0.25, -0.2) is 13.2 Å². The van der Waals surface area contributed by atoms with Gasteiger partial charge in [0, 0.05) is 0 Å². The molecule has 0 saturated carbocycles. The Kier molecular flexibility index (Phi) is 3.18. The Labute approximate surface area is 97.7 Å². The molecule has 2 aromatic rings. The summed E-state index contributed by atoms with van der Waals surface area (Å²) in [4.78, 5) is 0. The first kappa shape index (κ1) is 11.7. The molecule has 0 atom stereocenters. The molecule has 0 aliphatic carbocycles. The smallest absolute Gasteiger partial charge is 0.132 e. The highest BCUT2D eigenvalue weighted by atomic mass is 19.1. The van der Waals surface area contributed by atoms with E-state index in [4.69, 9.17) is 0 Å². The molecule has 2 aromatic carbocycles. The Morgan fingerprint density at radius 3 is 1.88 bits per heavy atom. The molecule has 0 fully saturated rings. The Bertz CT molecular complexity index is 507. The molecular weight excluding hydrogens is 225 g/mol. The lowest BCUT2D eigenvalue weighted by Gasteiger charge is -2.06. The molecule has 0 nitrogen and oxygen atoms in total. The standard InChI is InChI=1S/C14H11F3/c1-9-2-4-10(5-3-9)11-6-13(16)12(8-15)14(17)7-11/h2-7H,8H2,1H3. The molecule has 0 unspecified atom stereocenters. The van der Waals surface area contributed by atoms with Crippen molar-refractivity contribution in [2.75, 3.05) is 0 Å². The third kappa shape index (κ3) is 2.33. The maximum absolute atomic E-state index is 13.4. The maximum Gasteiger partial charge on any atom is 0.132 e. The minimum atomic E-state index is -1.13. The SMILES string of the molecule is Cc1ccc(-c2cc(F)c(CF)c(F)c2)cc1. The van der Waals surface area contributed by atoms with E-state index in [9.17, 15) is 13.2 Å². The third-order valence-corrected chi connectivity index (χ3v) is 2.66. The Morgan fingerprint density at radius 1 is 0.882 bits per heavy atom. The van der Waals surface area contributed by atoms with E-state index in [0.717, 1.165) is 17.7 Å². The Morgan fingerprint density at radius 2 is 1.41 bits per heavy atom. The van der Waals surface area contributed by atoms with Crippen molar-refractivity contribution in [3.63, 3.8) is 0 Å². The second-order valence-electron chi connectivity index (χ2n) is 3.92. The molecule has 0 aromatic heterocycles. The second kappa shape index (κ2) is 4.62. The van der Waals surface area contributed by atoms with Gasteiger partial charge in [0.25, 0.3) is 0 Å². The molecule has 2 rings (SSSR count). The molecule has 0 N–H and O–H groups in total. The van der Waals surface area contributed by atoms with Crippen LogP contribution in [0.1, 0.15) is 11.1 Å². The van der Waals surface area contributed by atoms with Gasteiger partial charge in [-0.3, -0.25) is 0 Å². The molecule has 0 bridgehead atoms. The summed E-state index contributed by atoms with van der Waals surface area (Å²) < 4.78 is 39.1. The fourth-order valence-electron chi connectivity index (χ4n) is 1.64. The van der Waals surface area contributed by atoms with Crippen molar-refractivity contribution in [1.82, 2.24) is 0 Å². The number of alkyl halides is 1. The Balaban J connectivity index is 2.50. The van der Waals surface area contributed by atoms with E-state index in [1.807, 2.05) is 19.1 Å². The van der Waals surface area contributed by atoms with E-state index < -0.39 is 23.9 Å². The van der Waals surface area contributed by atoms with Crippen LogP contribution in [0, 0.1) is 18.6 Å². The average molecular weight is 236 g/mol. The lowest BCUT2D eigenvalue weighted by Crippen LogP contribution is -1.94. The summed E-state index contributed by atoms with van der Waals surface area (Å²) in [6.07, 6.45) is 0. The van der Waals surface area contributed by atoms with E-state index in [0.29, 0.717) is 11.1 Å². The summed E-state index contributed by atoms with van der Waals surface area (Å²) in [5.74, 6) is -1.69. The van der Waals surface area contributed by atoms with Gasteiger partial charge >= 0.3 is 0 Å². The van der Waals surface area contributed by atoms with Gasteiger partial charge < -0.3 is 0 Å². The zero-order valence-electron chi connectivity index (χ0n) is 9.31. The van der Waals surface area contributed by atoms with Crippen LogP contribution in [0.25, 0.3) is 11.1 Å². The fraction of sp³-hybridized carbons (Fsp3) is 0.143. The number of aryl methyl sites for hydroxylation is 1. The summed E-state index contributed by atoms with van der Waals surface area (Å²) in [5, 5.41) is 0. The molecule has 0 saturated heterocycles. The second-order valence-corrected chi connectivity index (χ2v) is 3.92. The van der Waals surface area contributed by atoms with E-state index >= 15 is 0 Å².